The van der Waals surface area contributed by atoms with Crippen molar-refractivity contribution in [2.75, 3.05) is 5.75 Å². The van der Waals surface area contributed by atoms with E-state index in [1.165, 1.54) is 19.3 Å². The maximum absolute atomic E-state index is 12.3. The van der Waals surface area contributed by atoms with E-state index < -0.39 is 9.84 Å². The second-order valence-corrected chi connectivity index (χ2v) is 8.98. The molecule has 128 valence electrons. The van der Waals surface area contributed by atoms with Crippen molar-refractivity contribution >= 4 is 15.7 Å². The van der Waals surface area contributed by atoms with Crippen LogP contribution in [-0.4, -0.2) is 26.1 Å². The third-order valence-electron chi connectivity index (χ3n) is 4.90. The lowest BCUT2D eigenvalue weighted by Crippen LogP contribution is -2.46. The molecule has 5 heteroatoms. The Hall–Kier alpha value is -1.36. The fraction of sp³-hybridized carbons (Fsp3) is 0.611. The van der Waals surface area contributed by atoms with Gasteiger partial charge in [0, 0.05) is 6.04 Å². The first-order valence-corrected chi connectivity index (χ1v) is 10.1. The molecule has 0 spiro atoms. The second-order valence-electron chi connectivity index (χ2n) is 6.70. The number of sulfone groups is 1. The third-order valence-corrected chi connectivity index (χ3v) is 6.65. The van der Waals surface area contributed by atoms with Crippen LogP contribution in [0.1, 0.15) is 45.6 Å². The summed E-state index contributed by atoms with van der Waals surface area (Å²) in [5.74, 6) is 1.13. The Kier molecular flexibility index (Phi) is 5.84. The Balaban J connectivity index is 1.98. The normalized spacial score (nSPS) is 22.7. The van der Waals surface area contributed by atoms with Gasteiger partial charge in [-0.15, -0.1) is 0 Å². The van der Waals surface area contributed by atoms with Crippen LogP contribution >= 0.6 is 0 Å². The highest BCUT2D eigenvalue weighted by Crippen LogP contribution is 2.28. The van der Waals surface area contributed by atoms with Crippen molar-refractivity contribution in [1.29, 1.82) is 0 Å². The van der Waals surface area contributed by atoms with Gasteiger partial charge in [0.05, 0.1) is 17.1 Å². The highest BCUT2D eigenvalue weighted by atomic mass is 32.2. The van der Waals surface area contributed by atoms with Crippen molar-refractivity contribution in [3.63, 3.8) is 0 Å². The van der Waals surface area contributed by atoms with Crippen LogP contribution in [0.2, 0.25) is 0 Å². The molecule has 0 radical (unpaired) electrons. The van der Waals surface area contributed by atoms with Gasteiger partial charge >= 0.3 is 0 Å². The molecular formula is C18H27NO3S. The fourth-order valence-corrected chi connectivity index (χ4v) is 4.25. The minimum absolute atomic E-state index is 0.0155. The molecule has 1 aromatic carbocycles. The van der Waals surface area contributed by atoms with E-state index >= 15 is 0 Å². The number of nitrogens with one attached hydrogen (secondary N) is 1. The molecule has 1 aliphatic carbocycles. The molecule has 1 N–H and O–H groups in total. The number of rotatable bonds is 5. The topological polar surface area (TPSA) is 63.2 Å². The molecule has 1 aliphatic rings. The first-order valence-electron chi connectivity index (χ1n) is 8.44. The maximum atomic E-state index is 12.3. The van der Waals surface area contributed by atoms with Crippen LogP contribution in [0.4, 0.5) is 0 Å². The summed E-state index contributed by atoms with van der Waals surface area (Å²) in [4.78, 5) is 12.6. The molecule has 0 saturated heterocycles. The minimum Gasteiger partial charge on any atom is -0.353 e. The largest absolute Gasteiger partial charge is 0.353 e. The molecule has 2 atom stereocenters. The number of carbonyl (C=O) groups excluding carboxylic acids is 1. The molecule has 0 aliphatic heterocycles. The lowest BCUT2D eigenvalue weighted by atomic mass is 9.78. The van der Waals surface area contributed by atoms with Crippen molar-refractivity contribution in [1.82, 2.24) is 5.32 Å². The summed E-state index contributed by atoms with van der Waals surface area (Å²) in [7, 11) is -3.18. The molecule has 1 amide bonds. The van der Waals surface area contributed by atoms with Gasteiger partial charge in [-0.05, 0) is 42.4 Å². The fourth-order valence-electron chi connectivity index (χ4n) is 3.37. The van der Waals surface area contributed by atoms with Crippen molar-refractivity contribution < 1.29 is 13.2 Å². The van der Waals surface area contributed by atoms with Crippen molar-refractivity contribution in [2.24, 2.45) is 11.8 Å². The summed E-state index contributed by atoms with van der Waals surface area (Å²) < 4.78 is 23.6. The third kappa shape index (κ3) is 4.56. The van der Waals surface area contributed by atoms with Crippen molar-refractivity contribution in [2.45, 2.75) is 57.4 Å². The average molecular weight is 337 g/mol. The monoisotopic (exact) mass is 337 g/mol. The van der Waals surface area contributed by atoms with Gasteiger partial charge in [-0.2, -0.15) is 0 Å². The van der Waals surface area contributed by atoms with E-state index in [0.29, 0.717) is 23.2 Å². The molecule has 23 heavy (non-hydrogen) atoms. The number of benzene rings is 1. The Bertz CT molecular complexity index is 627. The van der Waals surface area contributed by atoms with Gasteiger partial charge in [-0.1, -0.05) is 39.3 Å². The highest BCUT2D eigenvalue weighted by molar-refractivity contribution is 7.91. The summed E-state index contributed by atoms with van der Waals surface area (Å²) >= 11 is 0. The van der Waals surface area contributed by atoms with Crippen LogP contribution < -0.4 is 5.32 Å². The van der Waals surface area contributed by atoms with Crippen molar-refractivity contribution in [3.05, 3.63) is 29.8 Å². The summed E-state index contributed by atoms with van der Waals surface area (Å²) in [6.45, 7) is 6.03. The van der Waals surface area contributed by atoms with Gasteiger partial charge in [0.1, 0.15) is 0 Å². The van der Waals surface area contributed by atoms with Crippen LogP contribution in [-0.2, 0) is 21.1 Å². The molecule has 0 heterocycles. The second kappa shape index (κ2) is 7.47. The highest BCUT2D eigenvalue weighted by Gasteiger charge is 2.28. The molecule has 4 nitrogen and oxygen atoms in total. The van der Waals surface area contributed by atoms with Crippen LogP contribution in [0.25, 0.3) is 0 Å². The zero-order valence-corrected chi connectivity index (χ0v) is 15.0. The zero-order chi connectivity index (χ0) is 17.0. The molecule has 1 aromatic rings. The quantitative estimate of drug-likeness (QED) is 0.898. The maximum Gasteiger partial charge on any atom is 0.224 e. The molecule has 2 rings (SSSR count). The van der Waals surface area contributed by atoms with E-state index in [2.05, 4.69) is 19.2 Å². The standard InChI is InChI=1S/C18H27NO3S/c1-4-23(21,22)16-10-8-15(9-11-16)12-17(20)19-18-13(2)6-5-7-14(18)3/h8-11,13-14,18H,4-7,12H2,1-3H3,(H,19,20)/t13-,14-/m1/s1. The van der Waals surface area contributed by atoms with E-state index in [-0.39, 0.29) is 17.7 Å². The summed E-state index contributed by atoms with van der Waals surface area (Å²) in [6.07, 6.45) is 3.86. The van der Waals surface area contributed by atoms with Crippen LogP contribution in [0.5, 0.6) is 0 Å². The summed E-state index contributed by atoms with van der Waals surface area (Å²) in [5, 5.41) is 3.17. The van der Waals surface area contributed by atoms with Gasteiger partial charge in [0.25, 0.3) is 0 Å². The van der Waals surface area contributed by atoms with E-state index in [0.717, 1.165) is 5.56 Å². The van der Waals surface area contributed by atoms with Crippen LogP contribution in [0.15, 0.2) is 29.2 Å². The molecule has 0 unspecified atom stereocenters. The molecule has 0 bridgehead atoms. The summed E-state index contributed by atoms with van der Waals surface area (Å²) in [6, 6.07) is 6.89. The first kappa shape index (κ1) is 18.0. The van der Waals surface area contributed by atoms with Crippen molar-refractivity contribution in [3.8, 4) is 0 Å². The van der Waals surface area contributed by atoms with Gasteiger partial charge in [-0.25, -0.2) is 8.42 Å². The Morgan fingerprint density at radius 2 is 1.70 bits per heavy atom. The first-order chi connectivity index (χ1) is 10.8. The lowest BCUT2D eigenvalue weighted by molar-refractivity contribution is -0.122. The van der Waals surface area contributed by atoms with E-state index in [1.807, 2.05) is 0 Å². The van der Waals surface area contributed by atoms with Gasteiger partial charge in [-0.3, -0.25) is 4.79 Å². The van der Waals surface area contributed by atoms with Crippen LogP contribution in [0, 0.1) is 11.8 Å². The number of hydrogen-bond acceptors (Lipinski definition) is 3. The number of carbonyl (C=O) groups is 1. The van der Waals surface area contributed by atoms with Gasteiger partial charge in [0.2, 0.25) is 5.91 Å². The lowest BCUT2D eigenvalue weighted by Gasteiger charge is -2.35. The zero-order valence-electron chi connectivity index (χ0n) is 14.2. The van der Waals surface area contributed by atoms with E-state index in [4.69, 9.17) is 0 Å². The molecule has 1 fully saturated rings. The average Bonchev–Trinajstić information content (AvgIpc) is 2.51. The Labute approximate surface area is 139 Å². The SMILES string of the molecule is CCS(=O)(=O)c1ccc(CC(=O)NC2[C@H](C)CCC[C@H]2C)cc1. The van der Waals surface area contributed by atoms with E-state index in [1.54, 1.807) is 31.2 Å². The molecule has 1 saturated carbocycles. The minimum atomic E-state index is -3.18. The van der Waals surface area contributed by atoms with Crippen LogP contribution in [0.3, 0.4) is 0 Å². The predicted octanol–water partition coefficient (Wildman–Crippen LogP) is 2.96. The van der Waals surface area contributed by atoms with Gasteiger partial charge < -0.3 is 5.32 Å². The Morgan fingerprint density at radius 3 is 2.22 bits per heavy atom. The smallest absolute Gasteiger partial charge is 0.224 e. The molecule has 0 aromatic heterocycles. The predicted molar refractivity (Wildman–Crippen MR) is 92.0 cm³/mol. The number of hydrogen-bond donors (Lipinski definition) is 1. The Morgan fingerprint density at radius 1 is 1.13 bits per heavy atom. The van der Waals surface area contributed by atoms with E-state index in [9.17, 15) is 13.2 Å². The number of amides is 1. The van der Waals surface area contributed by atoms with Gasteiger partial charge in [0.15, 0.2) is 9.84 Å². The molecular weight excluding hydrogens is 310 g/mol. The summed E-state index contributed by atoms with van der Waals surface area (Å²) in [5.41, 5.74) is 0.841.